The largest absolute Gasteiger partial charge is 0.391 e. The van der Waals surface area contributed by atoms with E-state index in [2.05, 4.69) is 10.3 Å². The highest BCUT2D eigenvalue weighted by molar-refractivity contribution is 8.14. The van der Waals surface area contributed by atoms with E-state index >= 15 is 0 Å². The van der Waals surface area contributed by atoms with Crippen molar-refractivity contribution in [2.45, 2.75) is 62.1 Å². The van der Waals surface area contributed by atoms with Crippen LogP contribution in [-0.2, 0) is 4.74 Å². The van der Waals surface area contributed by atoms with Crippen LogP contribution in [0.15, 0.2) is 4.99 Å². The van der Waals surface area contributed by atoms with Crippen molar-refractivity contribution in [2.75, 3.05) is 6.54 Å². The van der Waals surface area contributed by atoms with Crippen molar-refractivity contribution in [2.24, 2.45) is 10.9 Å². The molecule has 0 amide bonds. The molecule has 114 valence electrons. The Kier molecular flexibility index (Phi) is 4.24. The zero-order valence-electron chi connectivity index (χ0n) is 11.5. The second-order valence-electron chi connectivity index (χ2n) is 5.90. The van der Waals surface area contributed by atoms with Crippen molar-refractivity contribution in [3.63, 3.8) is 0 Å². The van der Waals surface area contributed by atoms with E-state index in [0.717, 1.165) is 24.1 Å². The van der Waals surface area contributed by atoms with Crippen molar-refractivity contribution in [3.05, 3.63) is 0 Å². The summed E-state index contributed by atoms with van der Waals surface area (Å²) in [6, 6.07) is -0.371. The second-order valence-corrected chi connectivity index (χ2v) is 6.98. The van der Waals surface area contributed by atoms with Gasteiger partial charge in [-0.3, -0.25) is 4.99 Å². The van der Waals surface area contributed by atoms with Crippen LogP contribution in [0.2, 0.25) is 0 Å². The van der Waals surface area contributed by atoms with Gasteiger partial charge in [0.25, 0.3) is 0 Å². The normalized spacial score (nSPS) is 44.2. The Labute approximate surface area is 122 Å². The highest BCUT2D eigenvalue weighted by Gasteiger charge is 2.50. The van der Waals surface area contributed by atoms with E-state index in [1.54, 1.807) is 6.92 Å². The van der Waals surface area contributed by atoms with E-state index in [9.17, 15) is 15.3 Å². The average molecular weight is 302 g/mol. The van der Waals surface area contributed by atoms with Gasteiger partial charge in [-0.1, -0.05) is 24.6 Å². The summed E-state index contributed by atoms with van der Waals surface area (Å²) in [7, 11) is 0. The first-order valence-corrected chi connectivity index (χ1v) is 8.11. The number of amidine groups is 1. The summed E-state index contributed by atoms with van der Waals surface area (Å²) in [6.45, 7) is 2.34. The van der Waals surface area contributed by atoms with E-state index in [1.807, 2.05) is 0 Å². The number of aliphatic hydroxyl groups excluding tert-OH is 3. The Hall–Kier alpha value is -0.340. The van der Waals surface area contributed by atoms with E-state index in [-0.39, 0.29) is 11.5 Å². The lowest BCUT2D eigenvalue weighted by Crippen LogP contribution is -2.61. The van der Waals surface area contributed by atoms with Gasteiger partial charge in [0.1, 0.15) is 23.7 Å². The molecule has 6 atom stereocenters. The molecule has 2 heterocycles. The summed E-state index contributed by atoms with van der Waals surface area (Å²) in [6.07, 6.45) is 0.126. The number of hydrogen-bond donors (Lipinski definition) is 4. The molecular formula is C13H22N2O4S. The van der Waals surface area contributed by atoms with Crippen LogP contribution in [0.5, 0.6) is 0 Å². The van der Waals surface area contributed by atoms with Crippen LogP contribution in [0.4, 0.5) is 0 Å². The predicted octanol–water partition coefficient (Wildman–Crippen LogP) is -0.325. The van der Waals surface area contributed by atoms with Gasteiger partial charge in [-0.2, -0.15) is 0 Å². The van der Waals surface area contributed by atoms with Crippen molar-refractivity contribution < 1.29 is 20.1 Å². The quantitative estimate of drug-likeness (QED) is 0.568. The molecular weight excluding hydrogens is 280 g/mol. The van der Waals surface area contributed by atoms with Crippen molar-refractivity contribution in [1.82, 2.24) is 5.32 Å². The fraction of sp³-hybridized carbons (Fsp3) is 0.923. The lowest BCUT2D eigenvalue weighted by atomic mass is 9.95. The number of aliphatic imine (C=N–C) groups is 1. The molecule has 6 nitrogen and oxygen atoms in total. The molecule has 3 rings (SSSR count). The third kappa shape index (κ3) is 2.96. The van der Waals surface area contributed by atoms with Crippen LogP contribution in [0.3, 0.4) is 0 Å². The fourth-order valence-corrected chi connectivity index (χ4v) is 3.82. The van der Waals surface area contributed by atoms with Crippen molar-refractivity contribution in [3.8, 4) is 0 Å². The number of thioether (sulfide) groups is 1. The SMILES string of the molecule is C[C@@H](O)[C@H]1O[C@@H]2SC(=NCCC3CC3)N[C@@H]2[C@@H](O)[C@@H]1O. The molecule has 0 aromatic rings. The van der Waals surface area contributed by atoms with E-state index in [4.69, 9.17) is 4.74 Å². The van der Waals surface area contributed by atoms with Crippen LogP contribution in [0, 0.1) is 5.92 Å². The van der Waals surface area contributed by atoms with Gasteiger partial charge in [0.2, 0.25) is 0 Å². The Morgan fingerprint density at radius 2 is 2.15 bits per heavy atom. The standard InChI is InChI=1S/C13H22N2O4S/c1-6(16)11-10(18)9(17)8-12(19-11)20-13(15-8)14-5-4-7-2-3-7/h6-12,16-18H,2-5H2,1H3,(H,14,15)/t6-,8-,9-,10+,11-,12-/m1/s1. The molecule has 0 radical (unpaired) electrons. The summed E-state index contributed by atoms with van der Waals surface area (Å²) in [5, 5.41) is 33.6. The summed E-state index contributed by atoms with van der Waals surface area (Å²) >= 11 is 1.43. The molecule has 0 spiro atoms. The first kappa shape index (κ1) is 14.6. The van der Waals surface area contributed by atoms with Crippen molar-refractivity contribution >= 4 is 16.9 Å². The molecule has 20 heavy (non-hydrogen) atoms. The highest BCUT2D eigenvalue weighted by atomic mass is 32.2. The smallest absolute Gasteiger partial charge is 0.159 e. The third-order valence-electron chi connectivity index (χ3n) is 4.12. The number of nitrogens with zero attached hydrogens (tertiary/aromatic N) is 1. The number of nitrogens with one attached hydrogen (secondary N) is 1. The molecule has 3 fully saturated rings. The number of rotatable bonds is 4. The first-order chi connectivity index (χ1) is 9.56. The summed E-state index contributed by atoms with van der Waals surface area (Å²) in [4.78, 5) is 4.49. The van der Waals surface area contributed by atoms with Crippen LogP contribution >= 0.6 is 11.8 Å². The number of hydrogen-bond acceptors (Lipinski definition) is 6. The third-order valence-corrected chi connectivity index (χ3v) is 5.23. The minimum absolute atomic E-state index is 0.312. The Morgan fingerprint density at radius 3 is 2.80 bits per heavy atom. The zero-order valence-corrected chi connectivity index (χ0v) is 12.3. The van der Waals surface area contributed by atoms with E-state index in [0.29, 0.717) is 0 Å². The maximum absolute atomic E-state index is 10.1. The molecule has 7 heteroatoms. The number of aliphatic hydroxyl groups is 3. The molecule has 1 saturated carbocycles. The minimum Gasteiger partial charge on any atom is -0.391 e. The summed E-state index contributed by atoms with van der Waals surface area (Å²) in [5.41, 5.74) is -0.312. The monoisotopic (exact) mass is 302 g/mol. The Balaban J connectivity index is 1.61. The van der Waals surface area contributed by atoms with E-state index < -0.39 is 24.4 Å². The fourth-order valence-electron chi connectivity index (χ4n) is 2.67. The molecule has 0 bridgehead atoms. The van der Waals surface area contributed by atoms with Gasteiger partial charge in [-0.25, -0.2) is 0 Å². The summed E-state index contributed by atoms with van der Waals surface area (Å²) < 4.78 is 5.68. The highest BCUT2D eigenvalue weighted by Crippen LogP contribution is 2.35. The zero-order chi connectivity index (χ0) is 14.3. The molecule has 1 aliphatic carbocycles. The van der Waals surface area contributed by atoms with Gasteiger partial charge >= 0.3 is 0 Å². The first-order valence-electron chi connectivity index (χ1n) is 7.23. The molecule has 4 N–H and O–H groups in total. The van der Waals surface area contributed by atoms with Crippen LogP contribution < -0.4 is 5.32 Å². The Morgan fingerprint density at radius 1 is 1.40 bits per heavy atom. The second kappa shape index (κ2) is 5.81. The molecule has 2 aliphatic heterocycles. The predicted molar refractivity (Wildman–Crippen MR) is 76.5 cm³/mol. The topological polar surface area (TPSA) is 94.3 Å². The van der Waals surface area contributed by atoms with Crippen LogP contribution in [0.1, 0.15) is 26.2 Å². The van der Waals surface area contributed by atoms with Gasteiger partial charge in [0, 0.05) is 6.54 Å². The van der Waals surface area contributed by atoms with E-state index in [1.165, 1.54) is 24.6 Å². The Bertz CT molecular complexity index is 389. The van der Waals surface area contributed by atoms with Gasteiger partial charge in [0.05, 0.1) is 12.1 Å². The molecule has 0 unspecified atom stereocenters. The van der Waals surface area contributed by atoms with Gasteiger partial charge in [-0.05, 0) is 19.3 Å². The van der Waals surface area contributed by atoms with Crippen molar-refractivity contribution in [1.29, 1.82) is 0 Å². The molecule has 0 aromatic carbocycles. The minimum atomic E-state index is -1.09. The van der Waals surface area contributed by atoms with Crippen LogP contribution in [-0.4, -0.2) is 62.9 Å². The number of ether oxygens (including phenoxy) is 1. The van der Waals surface area contributed by atoms with Gasteiger partial charge < -0.3 is 25.4 Å². The summed E-state index contributed by atoms with van der Waals surface area (Å²) in [5.74, 6) is 0.844. The van der Waals surface area contributed by atoms with Gasteiger partial charge in [0.15, 0.2) is 5.17 Å². The lowest BCUT2D eigenvalue weighted by Gasteiger charge is -2.40. The number of fused-ring (bicyclic) bond motifs is 1. The maximum atomic E-state index is 10.1. The molecule has 0 aromatic heterocycles. The average Bonchev–Trinajstić information content (AvgIpc) is 3.12. The molecule has 2 saturated heterocycles. The molecule has 3 aliphatic rings. The van der Waals surface area contributed by atoms with Gasteiger partial charge in [-0.15, -0.1) is 0 Å². The van der Waals surface area contributed by atoms with Crippen LogP contribution in [0.25, 0.3) is 0 Å². The maximum Gasteiger partial charge on any atom is 0.159 e. The lowest BCUT2D eigenvalue weighted by molar-refractivity contribution is -0.184.